The number of urea groups is 2. The fourth-order valence-electron chi connectivity index (χ4n) is 2.80. The Bertz CT molecular complexity index is 556. The predicted molar refractivity (Wildman–Crippen MR) is 82.7 cm³/mol. The lowest BCUT2D eigenvalue weighted by atomic mass is 10.2. The van der Waals surface area contributed by atoms with Crippen molar-refractivity contribution in [2.45, 2.75) is 51.5 Å². The van der Waals surface area contributed by atoms with Crippen LogP contribution in [0.4, 0.5) is 9.59 Å². The van der Waals surface area contributed by atoms with E-state index in [1.165, 1.54) is 0 Å². The first kappa shape index (κ1) is 17.9. The van der Waals surface area contributed by atoms with Gasteiger partial charge in [0.2, 0.25) is 5.91 Å². The summed E-state index contributed by atoms with van der Waals surface area (Å²) in [6.45, 7) is 1.38. The highest BCUT2D eigenvalue weighted by Crippen LogP contribution is 2.17. The molecule has 2 fully saturated rings. The van der Waals surface area contributed by atoms with Crippen molar-refractivity contribution >= 4 is 29.8 Å². The monoisotopic (exact) mass is 338 g/mol. The summed E-state index contributed by atoms with van der Waals surface area (Å²) in [5, 5.41) is 4.75. The van der Waals surface area contributed by atoms with Crippen LogP contribution in [0, 0.1) is 0 Å². The number of hydrogen-bond donors (Lipinski definition) is 2. The van der Waals surface area contributed by atoms with Gasteiger partial charge in [-0.15, -0.1) is 0 Å². The highest BCUT2D eigenvalue weighted by molar-refractivity contribution is 6.45. The van der Waals surface area contributed by atoms with Crippen LogP contribution in [0.1, 0.15) is 45.4 Å². The SMILES string of the molecule is CCCCN1C(=O)C(=O)N(CC(=O)NC(=O)NC2CCCC2)C1=O. The standard InChI is InChI=1S/C15H22N4O5/c1-2-3-8-18-12(21)13(22)19(15(18)24)9-11(20)17-14(23)16-10-6-4-5-7-10/h10H,2-9H2,1H3,(H2,16,17,20,23). The van der Waals surface area contributed by atoms with Gasteiger partial charge in [0, 0.05) is 12.6 Å². The second-order valence-electron chi connectivity index (χ2n) is 5.99. The minimum Gasteiger partial charge on any atom is -0.335 e. The maximum Gasteiger partial charge on any atom is 0.334 e. The Morgan fingerprint density at radius 3 is 2.33 bits per heavy atom. The van der Waals surface area contributed by atoms with Gasteiger partial charge >= 0.3 is 23.9 Å². The van der Waals surface area contributed by atoms with Crippen molar-refractivity contribution in [2.75, 3.05) is 13.1 Å². The summed E-state index contributed by atoms with van der Waals surface area (Å²) >= 11 is 0. The van der Waals surface area contributed by atoms with Crippen molar-refractivity contribution in [3.63, 3.8) is 0 Å². The highest BCUT2D eigenvalue weighted by atomic mass is 16.2. The third-order valence-corrected chi connectivity index (χ3v) is 4.12. The molecule has 1 saturated heterocycles. The van der Waals surface area contributed by atoms with E-state index < -0.39 is 36.3 Å². The van der Waals surface area contributed by atoms with Crippen LogP contribution in [0.15, 0.2) is 0 Å². The van der Waals surface area contributed by atoms with E-state index >= 15 is 0 Å². The predicted octanol–water partition coefficient (Wildman–Crippen LogP) is 0.346. The second kappa shape index (κ2) is 7.89. The van der Waals surface area contributed by atoms with Crippen molar-refractivity contribution in [1.29, 1.82) is 0 Å². The lowest BCUT2D eigenvalue weighted by Crippen LogP contribution is -2.48. The van der Waals surface area contributed by atoms with E-state index in [9.17, 15) is 24.0 Å². The molecule has 0 radical (unpaired) electrons. The van der Waals surface area contributed by atoms with Crippen molar-refractivity contribution in [2.24, 2.45) is 0 Å². The largest absolute Gasteiger partial charge is 0.335 e. The molecule has 1 saturated carbocycles. The molecule has 0 atom stereocenters. The molecular weight excluding hydrogens is 316 g/mol. The second-order valence-corrected chi connectivity index (χ2v) is 5.99. The van der Waals surface area contributed by atoms with Gasteiger partial charge < -0.3 is 5.32 Å². The molecule has 0 spiro atoms. The lowest BCUT2D eigenvalue weighted by molar-refractivity contribution is -0.143. The van der Waals surface area contributed by atoms with Crippen molar-refractivity contribution in [3.05, 3.63) is 0 Å². The van der Waals surface area contributed by atoms with Crippen LogP contribution in [0.2, 0.25) is 0 Å². The Morgan fingerprint density at radius 1 is 1.08 bits per heavy atom. The molecule has 9 heteroatoms. The molecule has 2 aliphatic rings. The van der Waals surface area contributed by atoms with Crippen LogP contribution in [0.3, 0.4) is 0 Å². The fourth-order valence-corrected chi connectivity index (χ4v) is 2.80. The molecular formula is C15H22N4O5. The third-order valence-electron chi connectivity index (χ3n) is 4.12. The van der Waals surface area contributed by atoms with Gasteiger partial charge in [-0.25, -0.2) is 14.5 Å². The maximum atomic E-state index is 12.1. The Balaban J connectivity index is 1.86. The third kappa shape index (κ3) is 4.09. The molecule has 0 aromatic carbocycles. The van der Waals surface area contributed by atoms with Crippen molar-refractivity contribution in [1.82, 2.24) is 20.4 Å². The van der Waals surface area contributed by atoms with Crippen LogP contribution < -0.4 is 10.6 Å². The summed E-state index contributed by atoms with van der Waals surface area (Å²) in [7, 11) is 0. The van der Waals surface area contributed by atoms with Crippen LogP contribution in [-0.4, -0.2) is 58.7 Å². The molecule has 0 unspecified atom stereocenters. The van der Waals surface area contributed by atoms with Crippen LogP contribution in [0.25, 0.3) is 0 Å². The molecule has 1 heterocycles. The van der Waals surface area contributed by atoms with Crippen molar-refractivity contribution < 1.29 is 24.0 Å². The molecule has 2 N–H and O–H groups in total. The van der Waals surface area contributed by atoms with Crippen LogP contribution in [-0.2, 0) is 14.4 Å². The smallest absolute Gasteiger partial charge is 0.334 e. The first-order valence-electron chi connectivity index (χ1n) is 8.21. The van der Waals surface area contributed by atoms with Crippen LogP contribution >= 0.6 is 0 Å². The first-order chi connectivity index (χ1) is 11.4. The summed E-state index contributed by atoms with van der Waals surface area (Å²) in [6, 6.07) is -1.43. The molecule has 0 bridgehead atoms. The number of nitrogens with one attached hydrogen (secondary N) is 2. The Morgan fingerprint density at radius 2 is 1.71 bits per heavy atom. The van der Waals surface area contributed by atoms with Crippen molar-refractivity contribution in [3.8, 4) is 0 Å². The number of unbranched alkanes of at least 4 members (excludes halogenated alkanes) is 1. The molecule has 132 valence electrons. The number of hydrogen-bond acceptors (Lipinski definition) is 5. The summed E-state index contributed by atoms with van der Waals surface area (Å²) in [4.78, 5) is 60.6. The van der Waals surface area contributed by atoms with Gasteiger partial charge in [0.15, 0.2) is 0 Å². The van der Waals surface area contributed by atoms with Crippen LogP contribution in [0.5, 0.6) is 0 Å². The van der Waals surface area contributed by atoms with E-state index in [2.05, 4.69) is 10.6 Å². The Hall–Kier alpha value is -2.45. The number of carbonyl (C=O) groups is 5. The van der Waals surface area contributed by atoms with E-state index in [4.69, 9.17) is 0 Å². The molecule has 2 rings (SSSR count). The van der Waals surface area contributed by atoms with Gasteiger partial charge in [-0.2, -0.15) is 0 Å². The van der Waals surface area contributed by atoms with Gasteiger partial charge in [-0.05, 0) is 19.3 Å². The molecule has 9 nitrogen and oxygen atoms in total. The zero-order valence-corrected chi connectivity index (χ0v) is 13.7. The maximum absolute atomic E-state index is 12.1. The summed E-state index contributed by atoms with van der Waals surface area (Å²) < 4.78 is 0. The molecule has 1 aliphatic carbocycles. The zero-order chi connectivity index (χ0) is 17.7. The summed E-state index contributed by atoms with van der Waals surface area (Å²) in [5.41, 5.74) is 0. The minimum atomic E-state index is -1.04. The molecule has 0 aromatic rings. The Kier molecular flexibility index (Phi) is 5.88. The number of amides is 7. The zero-order valence-electron chi connectivity index (χ0n) is 13.7. The van der Waals surface area contributed by atoms with E-state index in [1.807, 2.05) is 6.92 Å². The van der Waals surface area contributed by atoms with E-state index in [-0.39, 0.29) is 12.6 Å². The molecule has 1 aliphatic heterocycles. The fraction of sp³-hybridized carbons (Fsp3) is 0.667. The highest BCUT2D eigenvalue weighted by Gasteiger charge is 2.44. The Labute approximate surface area is 139 Å². The van der Waals surface area contributed by atoms with Gasteiger partial charge in [0.05, 0.1) is 0 Å². The normalized spacial score (nSPS) is 18.5. The first-order valence-corrected chi connectivity index (χ1v) is 8.21. The van der Waals surface area contributed by atoms with Gasteiger partial charge in [-0.3, -0.25) is 24.6 Å². The minimum absolute atomic E-state index is 0.0407. The topological polar surface area (TPSA) is 116 Å². The summed E-state index contributed by atoms with van der Waals surface area (Å²) in [5.74, 6) is -2.78. The average molecular weight is 338 g/mol. The number of imide groups is 3. The molecule has 7 amide bonds. The van der Waals surface area contributed by atoms with Gasteiger partial charge in [-0.1, -0.05) is 26.2 Å². The lowest BCUT2D eigenvalue weighted by Gasteiger charge is -2.16. The van der Waals surface area contributed by atoms with E-state index in [0.717, 1.165) is 37.0 Å². The van der Waals surface area contributed by atoms with Gasteiger partial charge in [0.1, 0.15) is 6.54 Å². The quantitative estimate of drug-likeness (QED) is 0.535. The van der Waals surface area contributed by atoms with Gasteiger partial charge in [0.25, 0.3) is 0 Å². The number of nitrogens with zero attached hydrogens (tertiary/aromatic N) is 2. The molecule has 0 aromatic heterocycles. The van der Waals surface area contributed by atoms with E-state index in [0.29, 0.717) is 11.3 Å². The number of carbonyl (C=O) groups excluding carboxylic acids is 5. The summed E-state index contributed by atoms with van der Waals surface area (Å²) in [6.07, 6.45) is 5.13. The number of rotatable bonds is 6. The average Bonchev–Trinajstić information content (AvgIpc) is 3.10. The molecule has 24 heavy (non-hydrogen) atoms. The van der Waals surface area contributed by atoms with E-state index in [1.54, 1.807) is 0 Å².